The number of nitrogens with zero attached hydrogens (tertiary/aromatic N) is 2. The molecular weight excluding hydrogens is 276 g/mol. The van der Waals surface area contributed by atoms with Crippen LogP contribution in [0.2, 0.25) is 0 Å². The summed E-state index contributed by atoms with van der Waals surface area (Å²) in [5, 5.41) is 14.4. The second-order valence-corrected chi connectivity index (χ2v) is 5.37. The lowest BCUT2D eigenvalue weighted by Crippen LogP contribution is -2.28. The Balaban J connectivity index is 1.85. The Hall–Kier alpha value is -1.99. The molecule has 2 amide bonds. The molecule has 2 aromatic rings. The van der Waals surface area contributed by atoms with Gasteiger partial charge in [0.05, 0.1) is 6.61 Å². The lowest BCUT2D eigenvalue weighted by Gasteiger charge is -2.07. The Labute approximate surface area is 121 Å². The van der Waals surface area contributed by atoms with E-state index in [1.807, 2.05) is 31.2 Å². The van der Waals surface area contributed by atoms with Gasteiger partial charge in [0.1, 0.15) is 5.01 Å². The predicted octanol–water partition coefficient (Wildman–Crippen LogP) is 2.31. The van der Waals surface area contributed by atoms with E-state index in [1.165, 1.54) is 11.3 Å². The molecule has 2 rings (SSSR count). The van der Waals surface area contributed by atoms with Crippen LogP contribution in [0.5, 0.6) is 0 Å². The van der Waals surface area contributed by atoms with E-state index < -0.39 is 0 Å². The molecule has 0 spiro atoms. The number of hydrogen-bond donors (Lipinski definition) is 2. The molecule has 106 valence electrons. The quantitative estimate of drug-likeness (QED) is 0.886. The van der Waals surface area contributed by atoms with Gasteiger partial charge in [-0.25, -0.2) is 4.79 Å². The number of carbonyl (C=O) groups excluding carboxylic acids is 1. The number of nitrogens with one attached hydrogen (secondary N) is 2. The van der Waals surface area contributed by atoms with Crippen LogP contribution in [-0.2, 0) is 17.9 Å². The van der Waals surface area contributed by atoms with Crippen molar-refractivity contribution in [3.63, 3.8) is 0 Å². The summed E-state index contributed by atoms with van der Waals surface area (Å²) in [6, 6.07) is 7.58. The van der Waals surface area contributed by atoms with E-state index in [-0.39, 0.29) is 6.03 Å². The number of anilines is 1. The summed E-state index contributed by atoms with van der Waals surface area (Å²) in [5.41, 5.74) is 2.09. The molecule has 20 heavy (non-hydrogen) atoms. The standard InChI is InChI=1S/C13H16N4O2S/c1-9-16-17-13(20-9)15-12(18)14-7-10-4-3-5-11(6-10)8-19-2/h3-6H,7-8H2,1-2H3,(H2,14,15,17,18). The average molecular weight is 292 g/mol. The van der Waals surface area contributed by atoms with Gasteiger partial charge in [0.25, 0.3) is 0 Å². The van der Waals surface area contributed by atoms with E-state index in [4.69, 9.17) is 4.74 Å². The van der Waals surface area contributed by atoms with Crippen molar-refractivity contribution in [2.45, 2.75) is 20.1 Å². The first kappa shape index (κ1) is 14.4. The zero-order chi connectivity index (χ0) is 14.4. The summed E-state index contributed by atoms with van der Waals surface area (Å²) in [6.07, 6.45) is 0. The SMILES string of the molecule is COCc1cccc(CNC(=O)Nc2nnc(C)s2)c1. The molecule has 1 heterocycles. The third-order valence-corrected chi connectivity index (χ3v) is 3.26. The molecule has 0 aliphatic heterocycles. The maximum atomic E-state index is 11.7. The minimum absolute atomic E-state index is 0.293. The number of rotatable bonds is 5. The van der Waals surface area contributed by atoms with E-state index in [1.54, 1.807) is 7.11 Å². The maximum absolute atomic E-state index is 11.7. The number of hydrogen-bond acceptors (Lipinski definition) is 5. The van der Waals surface area contributed by atoms with Gasteiger partial charge in [0.15, 0.2) is 0 Å². The number of methoxy groups -OCH3 is 1. The summed E-state index contributed by atoms with van der Waals surface area (Å²) in [4.78, 5) is 11.7. The minimum Gasteiger partial charge on any atom is -0.380 e. The Bertz CT molecular complexity index is 585. The molecule has 0 unspecified atom stereocenters. The van der Waals surface area contributed by atoms with Crippen molar-refractivity contribution in [2.24, 2.45) is 0 Å². The molecule has 0 radical (unpaired) electrons. The minimum atomic E-state index is -0.293. The molecule has 2 N–H and O–H groups in total. The first-order valence-corrected chi connectivity index (χ1v) is 6.91. The van der Waals surface area contributed by atoms with Gasteiger partial charge in [-0.2, -0.15) is 0 Å². The first-order chi connectivity index (χ1) is 9.67. The predicted molar refractivity (Wildman–Crippen MR) is 77.7 cm³/mol. The van der Waals surface area contributed by atoms with Crippen LogP contribution < -0.4 is 10.6 Å². The number of aromatic nitrogens is 2. The topological polar surface area (TPSA) is 76.1 Å². The van der Waals surface area contributed by atoms with E-state index in [0.29, 0.717) is 18.3 Å². The Kier molecular flexibility index (Phi) is 5.03. The van der Waals surface area contributed by atoms with Gasteiger partial charge in [-0.3, -0.25) is 5.32 Å². The lowest BCUT2D eigenvalue weighted by molar-refractivity contribution is 0.185. The van der Waals surface area contributed by atoms with Gasteiger partial charge in [0, 0.05) is 13.7 Å². The van der Waals surface area contributed by atoms with Crippen LogP contribution in [0.1, 0.15) is 16.1 Å². The number of aryl methyl sites for hydroxylation is 1. The van der Waals surface area contributed by atoms with Crippen molar-refractivity contribution < 1.29 is 9.53 Å². The van der Waals surface area contributed by atoms with E-state index in [2.05, 4.69) is 20.8 Å². The number of ether oxygens (including phenoxy) is 1. The normalized spacial score (nSPS) is 10.3. The highest BCUT2D eigenvalue weighted by Crippen LogP contribution is 2.13. The largest absolute Gasteiger partial charge is 0.380 e. The lowest BCUT2D eigenvalue weighted by atomic mass is 10.1. The fourth-order valence-electron chi connectivity index (χ4n) is 1.67. The van der Waals surface area contributed by atoms with Gasteiger partial charge in [-0.1, -0.05) is 35.6 Å². The maximum Gasteiger partial charge on any atom is 0.321 e. The molecular formula is C13H16N4O2S. The molecule has 6 nitrogen and oxygen atoms in total. The number of benzene rings is 1. The van der Waals surface area contributed by atoms with Gasteiger partial charge in [-0.15, -0.1) is 10.2 Å². The van der Waals surface area contributed by atoms with Crippen LogP contribution in [-0.4, -0.2) is 23.3 Å². The van der Waals surface area contributed by atoms with Crippen LogP contribution in [0.15, 0.2) is 24.3 Å². The zero-order valence-electron chi connectivity index (χ0n) is 11.3. The molecule has 0 saturated carbocycles. The van der Waals surface area contributed by atoms with Crippen LogP contribution in [0.4, 0.5) is 9.93 Å². The average Bonchev–Trinajstić information content (AvgIpc) is 2.83. The highest BCUT2D eigenvalue weighted by molar-refractivity contribution is 7.15. The summed E-state index contributed by atoms with van der Waals surface area (Å²) >= 11 is 1.34. The van der Waals surface area contributed by atoms with E-state index in [0.717, 1.165) is 16.1 Å². The Morgan fingerprint density at radius 3 is 2.85 bits per heavy atom. The molecule has 1 aromatic heterocycles. The number of urea groups is 1. The molecule has 0 bridgehead atoms. The zero-order valence-corrected chi connectivity index (χ0v) is 12.2. The van der Waals surface area contributed by atoms with Gasteiger partial charge in [0.2, 0.25) is 5.13 Å². The smallest absolute Gasteiger partial charge is 0.321 e. The van der Waals surface area contributed by atoms with Crippen LogP contribution >= 0.6 is 11.3 Å². The van der Waals surface area contributed by atoms with Gasteiger partial charge < -0.3 is 10.1 Å². The van der Waals surface area contributed by atoms with Crippen molar-refractivity contribution in [1.82, 2.24) is 15.5 Å². The van der Waals surface area contributed by atoms with Crippen molar-refractivity contribution in [2.75, 3.05) is 12.4 Å². The van der Waals surface area contributed by atoms with E-state index in [9.17, 15) is 4.79 Å². The number of amides is 2. The van der Waals surface area contributed by atoms with Crippen molar-refractivity contribution >= 4 is 22.5 Å². The van der Waals surface area contributed by atoms with Crippen molar-refractivity contribution in [3.8, 4) is 0 Å². The summed E-state index contributed by atoms with van der Waals surface area (Å²) in [6.45, 7) is 2.84. The van der Waals surface area contributed by atoms with Gasteiger partial charge >= 0.3 is 6.03 Å². The Morgan fingerprint density at radius 2 is 2.15 bits per heavy atom. The molecule has 1 aromatic carbocycles. The van der Waals surface area contributed by atoms with Crippen LogP contribution in [0.3, 0.4) is 0 Å². The fourth-order valence-corrected chi connectivity index (χ4v) is 2.25. The monoisotopic (exact) mass is 292 g/mol. The molecule has 0 fully saturated rings. The second-order valence-electron chi connectivity index (χ2n) is 4.19. The second kappa shape index (κ2) is 6.97. The highest BCUT2D eigenvalue weighted by Gasteiger charge is 2.05. The summed E-state index contributed by atoms with van der Waals surface area (Å²) in [5.74, 6) is 0. The molecule has 7 heteroatoms. The number of carbonyl (C=O) groups is 1. The van der Waals surface area contributed by atoms with Crippen LogP contribution in [0, 0.1) is 6.92 Å². The molecule has 0 saturated heterocycles. The third kappa shape index (κ3) is 4.29. The van der Waals surface area contributed by atoms with Crippen LogP contribution in [0.25, 0.3) is 0 Å². The molecule has 0 aliphatic rings. The third-order valence-electron chi connectivity index (χ3n) is 2.50. The Morgan fingerprint density at radius 1 is 1.35 bits per heavy atom. The molecule has 0 atom stereocenters. The van der Waals surface area contributed by atoms with Crippen molar-refractivity contribution in [1.29, 1.82) is 0 Å². The van der Waals surface area contributed by atoms with Gasteiger partial charge in [-0.05, 0) is 18.1 Å². The highest BCUT2D eigenvalue weighted by atomic mass is 32.1. The first-order valence-electron chi connectivity index (χ1n) is 6.09. The summed E-state index contributed by atoms with van der Waals surface area (Å²) < 4.78 is 5.08. The fraction of sp³-hybridized carbons (Fsp3) is 0.308. The van der Waals surface area contributed by atoms with Crippen molar-refractivity contribution in [3.05, 3.63) is 40.4 Å². The van der Waals surface area contributed by atoms with E-state index >= 15 is 0 Å². The summed E-state index contributed by atoms with van der Waals surface area (Å²) in [7, 11) is 1.66. The molecule has 0 aliphatic carbocycles.